The number of carbonyl (C=O) groups is 1. The number of rotatable bonds is 4. The van der Waals surface area contributed by atoms with E-state index in [2.05, 4.69) is 0 Å². The number of fused-ring (bicyclic) bond motifs is 1. The highest BCUT2D eigenvalue weighted by Crippen LogP contribution is 2.36. The largest absolute Gasteiger partial charge is 0.454 e. The number of ether oxygens (including phenoxy) is 2. The summed E-state index contributed by atoms with van der Waals surface area (Å²) < 4.78 is 42.0. The highest BCUT2D eigenvalue weighted by Gasteiger charge is 2.28. The van der Waals surface area contributed by atoms with Gasteiger partial charge in [-0.3, -0.25) is 9.35 Å². The highest BCUT2D eigenvalue weighted by molar-refractivity contribution is 7.86. The van der Waals surface area contributed by atoms with Crippen LogP contribution in [0, 0.1) is 0 Å². The van der Waals surface area contributed by atoms with Gasteiger partial charge >= 0.3 is 0 Å². The molecule has 18 heavy (non-hydrogen) atoms. The van der Waals surface area contributed by atoms with Crippen molar-refractivity contribution >= 4 is 15.9 Å². The van der Waals surface area contributed by atoms with E-state index in [1.165, 1.54) is 19.1 Å². The van der Waals surface area contributed by atoms with Crippen molar-refractivity contribution < 1.29 is 27.2 Å². The summed E-state index contributed by atoms with van der Waals surface area (Å²) in [5.74, 6) is 0.593. The molecule has 0 aliphatic carbocycles. The summed E-state index contributed by atoms with van der Waals surface area (Å²) in [6.07, 6.45) is -0.279. The van der Waals surface area contributed by atoms with Gasteiger partial charge < -0.3 is 9.47 Å². The molecule has 0 fully saturated rings. The summed E-state index contributed by atoms with van der Waals surface area (Å²) in [6.45, 7) is 1.34. The Balaban J connectivity index is 2.40. The van der Waals surface area contributed by atoms with Gasteiger partial charge in [-0.2, -0.15) is 8.42 Å². The number of ketones is 1. The van der Waals surface area contributed by atoms with E-state index in [0.29, 0.717) is 17.1 Å². The molecule has 1 atom stereocenters. The lowest BCUT2D eigenvalue weighted by atomic mass is 10.1. The normalized spacial score (nSPS) is 15.4. The molecule has 0 bridgehead atoms. The molecule has 0 aromatic heterocycles. The van der Waals surface area contributed by atoms with Crippen LogP contribution in [0.1, 0.15) is 24.2 Å². The van der Waals surface area contributed by atoms with Gasteiger partial charge in [0.2, 0.25) is 6.79 Å². The minimum Gasteiger partial charge on any atom is -0.454 e. The Morgan fingerprint density at radius 1 is 1.39 bits per heavy atom. The molecule has 1 aromatic carbocycles. The molecule has 2 rings (SSSR count). The molecule has 0 radical (unpaired) electrons. The lowest BCUT2D eigenvalue weighted by molar-refractivity contribution is -0.117. The molecule has 1 aliphatic heterocycles. The van der Waals surface area contributed by atoms with E-state index < -0.39 is 15.4 Å². The monoisotopic (exact) mass is 272 g/mol. The smallest absolute Gasteiger partial charge is 0.272 e. The second kappa shape index (κ2) is 4.58. The molecule has 0 amide bonds. The van der Waals surface area contributed by atoms with Crippen LogP contribution < -0.4 is 9.47 Å². The molecule has 0 saturated heterocycles. The lowest BCUT2D eigenvalue weighted by Crippen LogP contribution is -2.15. The summed E-state index contributed by atoms with van der Waals surface area (Å²) >= 11 is 0. The minimum atomic E-state index is -4.35. The predicted molar refractivity (Wildman–Crippen MR) is 62.2 cm³/mol. The average Bonchev–Trinajstić information content (AvgIpc) is 2.70. The minimum absolute atomic E-state index is 0.0715. The first-order chi connectivity index (χ1) is 8.38. The molecule has 1 N–H and O–H groups in total. The first-order valence-corrected chi connectivity index (χ1v) is 6.73. The molecular formula is C11H12O6S. The predicted octanol–water partition coefficient (Wildman–Crippen LogP) is 1.32. The second-order valence-corrected chi connectivity index (χ2v) is 5.62. The molecule has 6 nitrogen and oxygen atoms in total. The van der Waals surface area contributed by atoms with Gasteiger partial charge in [0.1, 0.15) is 11.0 Å². The Bertz CT molecular complexity index is 577. The number of hydrogen-bond acceptors (Lipinski definition) is 5. The molecule has 1 unspecified atom stereocenters. The van der Waals surface area contributed by atoms with Crippen molar-refractivity contribution in [2.75, 3.05) is 6.79 Å². The van der Waals surface area contributed by atoms with Crippen molar-refractivity contribution in [3.63, 3.8) is 0 Å². The van der Waals surface area contributed by atoms with E-state index in [1.807, 2.05) is 0 Å². The standard InChI is InChI=1S/C11H12O6S/c1-7(12)4-11(18(13,14)15)8-2-3-9-10(5-8)17-6-16-9/h2-3,5,11H,4,6H2,1H3,(H,13,14,15). The summed E-state index contributed by atoms with van der Waals surface area (Å²) in [7, 11) is -4.35. The van der Waals surface area contributed by atoms with Crippen molar-refractivity contribution in [2.45, 2.75) is 18.6 Å². The van der Waals surface area contributed by atoms with Gasteiger partial charge in [-0.25, -0.2) is 0 Å². The second-order valence-electron chi connectivity index (χ2n) is 4.02. The van der Waals surface area contributed by atoms with E-state index in [-0.39, 0.29) is 19.0 Å². The maximum Gasteiger partial charge on any atom is 0.272 e. The Kier molecular flexibility index (Phi) is 3.27. The van der Waals surface area contributed by atoms with Gasteiger partial charge in [0.25, 0.3) is 10.1 Å². The summed E-state index contributed by atoms with van der Waals surface area (Å²) in [4.78, 5) is 11.1. The number of carbonyl (C=O) groups excluding carboxylic acids is 1. The third-order valence-corrected chi connectivity index (χ3v) is 3.76. The van der Waals surface area contributed by atoms with Gasteiger partial charge in [-0.1, -0.05) is 6.07 Å². The molecule has 98 valence electrons. The molecule has 1 aromatic rings. The van der Waals surface area contributed by atoms with Crippen molar-refractivity contribution in [1.29, 1.82) is 0 Å². The number of hydrogen-bond donors (Lipinski definition) is 1. The molecular weight excluding hydrogens is 260 g/mol. The molecule has 7 heteroatoms. The zero-order chi connectivity index (χ0) is 13.3. The van der Waals surface area contributed by atoms with E-state index >= 15 is 0 Å². The SMILES string of the molecule is CC(=O)CC(c1ccc2c(c1)OCO2)S(=O)(=O)O. The molecule has 0 saturated carbocycles. The zero-order valence-corrected chi connectivity index (χ0v) is 10.4. The number of Topliss-reactive ketones (excluding diaryl/α,β-unsaturated/α-hetero) is 1. The van der Waals surface area contributed by atoms with E-state index in [4.69, 9.17) is 9.47 Å². The van der Waals surface area contributed by atoms with E-state index in [9.17, 15) is 17.8 Å². The van der Waals surface area contributed by atoms with Crippen LogP contribution in [0.15, 0.2) is 18.2 Å². The lowest BCUT2D eigenvalue weighted by Gasteiger charge is -2.13. The van der Waals surface area contributed by atoms with Crippen LogP contribution in [-0.4, -0.2) is 25.5 Å². The first-order valence-electron chi connectivity index (χ1n) is 5.23. The van der Waals surface area contributed by atoms with Crippen LogP contribution in [-0.2, 0) is 14.9 Å². The van der Waals surface area contributed by atoms with Crippen LogP contribution in [0.2, 0.25) is 0 Å². The number of benzene rings is 1. The Morgan fingerprint density at radius 2 is 2.06 bits per heavy atom. The first kappa shape index (κ1) is 12.8. The van der Waals surface area contributed by atoms with Crippen molar-refractivity contribution in [1.82, 2.24) is 0 Å². The van der Waals surface area contributed by atoms with Gasteiger partial charge in [-0.15, -0.1) is 0 Å². The Morgan fingerprint density at radius 3 is 2.67 bits per heavy atom. The van der Waals surface area contributed by atoms with E-state index in [1.54, 1.807) is 6.07 Å². The third kappa shape index (κ3) is 2.62. The molecule has 0 spiro atoms. The summed E-state index contributed by atoms with van der Waals surface area (Å²) in [5, 5.41) is -1.27. The quantitative estimate of drug-likeness (QED) is 0.831. The zero-order valence-electron chi connectivity index (χ0n) is 9.62. The third-order valence-electron chi connectivity index (χ3n) is 2.60. The van der Waals surface area contributed by atoms with Crippen LogP contribution in [0.4, 0.5) is 0 Å². The molecule has 1 heterocycles. The van der Waals surface area contributed by atoms with Crippen LogP contribution in [0.25, 0.3) is 0 Å². The fraction of sp³-hybridized carbons (Fsp3) is 0.364. The van der Waals surface area contributed by atoms with Gasteiger partial charge in [0, 0.05) is 6.42 Å². The summed E-state index contributed by atoms with van der Waals surface area (Å²) in [5.41, 5.74) is 0.303. The van der Waals surface area contributed by atoms with Crippen molar-refractivity contribution in [3.8, 4) is 11.5 Å². The van der Waals surface area contributed by atoms with Crippen LogP contribution in [0.3, 0.4) is 0 Å². The maximum atomic E-state index is 11.3. The van der Waals surface area contributed by atoms with E-state index in [0.717, 1.165) is 0 Å². The van der Waals surface area contributed by atoms with Crippen LogP contribution in [0.5, 0.6) is 11.5 Å². The topological polar surface area (TPSA) is 89.9 Å². The fourth-order valence-electron chi connectivity index (χ4n) is 1.77. The van der Waals surface area contributed by atoms with Crippen molar-refractivity contribution in [3.05, 3.63) is 23.8 Å². The van der Waals surface area contributed by atoms with Gasteiger partial charge in [0.05, 0.1) is 0 Å². The van der Waals surface area contributed by atoms with Crippen molar-refractivity contribution in [2.24, 2.45) is 0 Å². The fourth-order valence-corrected chi connectivity index (χ4v) is 2.71. The van der Waals surface area contributed by atoms with Gasteiger partial charge in [-0.05, 0) is 24.6 Å². The average molecular weight is 272 g/mol. The van der Waals surface area contributed by atoms with Gasteiger partial charge in [0.15, 0.2) is 11.5 Å². The Labute approximate surface area is 104 Å². The maximum absolute atomic E-state index is 11.3. The molecule has 1 aliphatic rings. The Hall–Kier alpha value is -1.60. The summed E-state index contributed by atoms with van der Waals surface area (Å²) in [6, 6.07) is 4.51. The highest BCUT2D eigenvalue weighted by atomic mass is 32.2. The van der Waals surface area contributed by atoms with Crippen LogP contribution >= 0.6 is 0 Å².